The molecule has 200 valence electrons. The van der Waals surface area contributed by atoms with Gasteiger partial charge in [0.25, 0.3) is 0 Å². The molecule has 0 radical (unpaired) electrons. The SMILES string of the molecule is Cc1ccc(OC2CC(Oc3ccc(CC(C[C@@H](NC(=O)OC(C)(C)C)C(=O)O)C(=O)O)cc3)C2)cc1. The molecule has 0 saturated heterocycles. The molecule has 2 atom stereocenters. The van der Waals surface area contributed by atoms with Crippen LogP contribution in [0.25, 0.3) is 0 Å². The highest BCUT2D eigenvalue weighted by Crippen LogP contribution is 2.30. The summed E-state index contributed by atoms with van der Waals surface area (Å²) in [5.74, 6) is -1.98. The fourth-order valence-electron chi connectivity index (χ4n) is 3.93. The van der Waals surface area contributed by atoms with E-state index in [4.69, 9.17) is 14.2 Å². The van der Waals surface area contributed by atoms with Crippen LogP contribution < -0.4 is 14.8 Å². The number of amides is 1. The van der Waals surface area contributed by atoms with Crippen molar-refractivity contribution in [1.82, 2.24) is 5.32 Å². The zero-order valence-electron chi connectivity index (χ0n) is 21.6. The summed E-state index contributed by atoms with van der Waals surface area (Å²) in [6.45, 7) is 6.98. The third kappa shape index (κ3) is 9.00. The second-order valence-corrected chi connectivity index (χ2v) is 10.4. The van der Waals surface area contributed by atoms with E-state index in [2.05, 4.69) is 5.32 Å². The molecular formula is C28H35NO8. The Kier molecular flexibility index (Phi) is 9.02. The van der Waals surface area contributed by atoms with Crippen molar-refractivity contribution < 1.29 is 38.8 Å². The van der Waals surface area contributed by atoms with E-state index in [9.17, 15) is 24.6 Å². The van der Waals surface area contributed by atoms with Gasteiger partial charge in [0.2, 0.25) is 0 Å². The standard InChI is InChI=1S/C28H35NO8/c1-17-5-9-20(10-6-17)35-22-15-23(16-22)36-21-11-7-18(8-12-21)13-19(25(30)31)14-24(26(32)33)29-27(34)37-28(2,3)4/h5-12,19,22-24H,13-16H2,1-4H3,(H,29,34)(H,30,31)(H,32,33)/t19?,22?,23?,24-/m1/s1. The number of nitrogens with one attached hydrogen (secondary N) is 1. The van der Waals surface area contributed by atoms with Crippen molar-refractivity contribution in [2.24, 2.45) is 5.92 Å². The number of benzene rings is 2. The number of carboxylic acids is 2. The van der Waals surface area contributed by atoms with E-state index >= 15 is 0 Å². The lowest BCUT2D eigenvalue weighted by Crippen LogP contribution is -2.45. The van der Waals surface area contributed by atoms with Crippen molar-refractivity contribution >= 4 is 18.0 Å². The van der Waals surface area contributed by atoms with Crippen LogP contribution in [-0.2, 0) is 20.7 Å². The first-order valence-electron chi connectivity index (χ1n) is 12.3. The van der Waals surface area contributed by atoms with Crippen LogP contribution in [0.1, 0.15) is 51.2 Å². The number of alkyl carbamates (subject to hydrolysis) is 1. The number of hydrogen-bond acceptors (Lipinski definition) is 6. The fraction of sp³-hybridized carbons (Fsp3) is 0.464. The fourth-order valence-corrected chi connectivity index (χ4v) is 3.93. The molecule has 0 spiro atoms. The highest BCUT2D eigenvalue weighted by atomic mass is 16.6. The highest BCUT2D eigenvalue weighted by molar-refractivity contribution is 5.81. The Morgan fingerprint density at radius 3 is 1.86 bits per heavy atom. The molecule has 0 bridgehead atoms. The van der Waals surface area contributed by atoms with Crippen LogP contribution in [0.5, 0.6) is 11.5 Å². The van der Waals surface area contributed by atoms with Gasteiger partial charge in [-0.25, -0.2) is 9.59 Å². The van der Waals surface area contributed by atoms with Gasteiger partial charge in [0.1, 0.15) is 35.3 Å². The number of carbonyl (C=O) groups is 3. The van der Waals surface area contributed by atoms with Gasteiger partial charge in [-0.2, -0.15) is 0 Å². The normalized spacial score (nSPS) is 18.6. The minimum Gasteiger partial charge on any atom is -0.490 e. The Morgan fingerprint density at radius 1 is 0.892 bits per heavy atom. The van der Waals surface area contributed by atoms with Gasteiger partial charge in [-0.1, -0.05) is 29.8 Å². The summed E-state index contributed by atoms with van der Waals surface area (Å²) in [5, 5.41) is 21.4. The van der Waals surface area contributed by atoms with E-state index < -0.39 is 35.6 Å². The summed E-state index contributed by atoms with van der Waals surface area (Å²) in [5.41, 5.74) is 1.09. The summed E-state index contributed by atoms with van der Waals surface area (Å²) >= 11 is 0. The van der Waals surface area contributed by atoms with Crippen LogP contribution in [-0.4, -0.2) is 52.1 Å². The zero-order valence-corrected chi connectivity index (χ0v) is 21.6. The molecular weight excluding hydrogens is 478 g/mol. The Morgan fingerprint density at radius 2 is 1.41 bits per heavy atom. The predicted molar refractivity (Wildman–Crippen MR) is 136 cm³/mol. The molecule has 0 heterocycles. The van der Waals surface area contributed by atoms with Crippen LogP contribution in [0.4, 0.5) is 4.79 Å². The van der Waals surface area contributed by atoms with Crippen LogP contribution in [0.2, 0.25) is 0 Å². The molecule has 3 N–H and O–H groups in total. The number of hydrogen-bond donors (Lipinski definition) is 3. The molecule has 37 heavy (non-hydrogen) atoms. The second-order valence-electron chi connectivity index (χ2n) is 10.4. The molecule has 3 rings (SSSR count). The molecule has 1 unspecified atom stereocenters. The molecule has 1 amide bonds. The van der Waals surface area contributed by atoms with Crippen molar-refractivity contribution in [3.8, 4) is 11.5 Å². The van der Waals surface area contributed by atoms with E-state index in [1.165, 1.54) is 5.56 Å². The van der Waals surface area contributed by atoms with Crippen molar-refractivity contribution in [2.45, 2.75) is 77.2 Å². The maximum atomic E-state index is 12.0. The Balaban J connectivity index is 1.49. The summed E-state index contributed by atoms with van der Waals surface area (Å²) in [6.07, 6.45) is 0.615. The van der Waals surface area contributed by atoms with Crippen molar-refractivity contribution in [1.29, 1.82) is 0 Å². The van der Waals surface area contributed by atoms with E-state index in [0.29, 0.717) is 5.75 Å². The quantitative estimate of drug-likeness (QED) is 0.397. The van der Waals surface area contributed by atoms with Gasteiger partial charge in [-0.3, -0.25) is 4.79 Å². The van der Waals surface area contributed by atoms with Gasteiger partial charge in [0, 0.05) is 12.8 Å². The molecule has 1 fully saturated rings. The minimum atomic E-state index is -1.40. The Bertz CT molecular complexity index is 1070. The maximum absolute atomic E-state index is 12.0. The van der Waals surface area contributed by atoms with E-state index in [1.54, 1.807) is 45.0 Å². The van der Waals surface area contributed by atoms with Crippen molar-refractivity contribution in [2.75, 3.05) is 0 Å². The van der Waals surface area contributed by atoms with Gasteiger partial charge in [0.05, 0.1) is 5.92 Å². The number of rotatable bonds is 11. The summed E-state index contributed by atoms with van der Waals surface area (Å²) < 4.78 is 17.0. The zero-order chi connectivity index (χ0) is 27.2. The predicted octanol–water partition coefficient (Wildman–Crippen LogP) is 4.60. The first-order chi connectivity index (χ1) is 17.4. The lowest BCUT2D eigenvalue weighted by Gasteiger charge is -2.35. The maximum Gasteiger partial charge on any atom is 0.408 e. The van der Waals surface area contributed by atoms with E-state index in [0.717, 1.165) is 24.2 Å². The molecule has 1 aliphatic carbocycles. The summed E-state index contributed by atoms with van der Waals surface area (Å²) in [6, 6.07) is 13.6. The van der Waals surface area contributed by atoms with Gasteiger partial charge in [0.15, 0.2) is 0 Å². The molecule has 0 aromatic heterocycles. The molecule has 1 aliphatic rings. The third-order valence-electron chi connectivity index (χ3n) is 5.94. The number of aliphatic carboxylic acids is 2. The number of carbonyl (C=O) groups excluding carboxylic acids is 1. The lowest BCUT2D eigenvalue weighted by molar-refractivity contribution is -0.144. The smallest absolute Gasteiger partial charge is 0.408 e. The number of aryl methyl sites for hydroxylation is 1. The topological polar surface area (TPSA) is 131 Å². The monoisotopic (exact) mass is 513 g/mol. The van der Waals surface area contributed by atoms with Gasteiger partial charge >= 0.3 is 18.0 Å². The van der Waals surface area contributed by atoms with E-state index in [1.807, 2.05) is 31.2 Å². The minimum absolute atomic E-state index is 0.0447. The van der Waals surface area contributed by atoms with Crippen LogP contribution >= 0.6 is 0 Å². The average Bonchev–Trinajstić information content (AvgIpc) is 2.77. The highest BCUT2D eigenvalue weighted by Gasteiger charge is 2.33. The van der Waals surface area contributed by atoms with E-state index in [-0.39, 0.29) is 25.0 Å². The lowest BCUT2D eigenvalue weighted by atomic mass is 9.91. The molecule has 1 saturated carbocycles. The molecule has 9 heteroatoms. The van der Waals surface area contributed by atoms with Crippen molar-refractivity contribution in [3.63, 3.8) is 0 Å². The Labute approximate surface area is 216 Å². The number of carboxylic acid groups (broad SMARTS) is 2. The average molecular weight is 514 g/mol. The summed E-state index contributed by atoms with van der Waals surface area (Å²) in [4.78, 5) is 35.5. The summed E-state index contributed by atoms with van der Waals surface area (Å²) in [7, 11) is 0. The van der Waals surface area contributed by atoms with Gasteiger partial charge in [-0.15, -0.1) is 0 Å². The first kappa shape index (κ1) is 27.8. The van der Waals surface area contributed by atoms with Gasteiger partial charge < -0.3 is 29.7 Å². The number of ether oxygens (including phenoxy) is 3. The third-order valence-corrected chi connectivity index (χ3v) is 5.94. The van der Waals surface area contributed by atoms with Crippen LogP contribution in [0.15, 0.2) is 48.5 Å². The molecule has 9 nitrogen and oxygen atoms in total. The van der Waals surface area contributed by atoms with Crippen LogP contribution in [0, 0.1) is 12.8 Å². The van der Waals surface area contributed by atoms with Gasteiger partial charge in [-0.05, 0) is 70.4 Å². The van der Waals surface area contributed by atoms with Crippen LogP contribution in [0.3, 0.4) is 0 Å². The second kappa shape index (κ2) is 12.0. The molecule has 2 aromatic rings. The van der Waals surface area contributed by atoms with Crippen molar-refractivity contribution in [3.05, 3.63) is 59.7 Å². The Hall–Kier alpha value is -3.75. The molecule has 2 aromatic carbocycles. The first-order valence-corrected chi connectivity index (χ1v) is 12.3. The largest absolute Gasteiger partial charge is 0.490 e. The molecule has 0 aliphatic heterocycles.